The first-order valence-corrected chi connectivity index (χ1v) is 9.84. The van der Waals surface area contributed by atoms with Crippen LogP contribution in [0.2, 0.25) is 0 Å². The van der Waals surface area contributed by atoms with Gasteiger partial charge in [0.2, 0.25) is 18.0 Å². The van der Waals surface area contributed by atoms with Crippen LogP contribution in [0.25, 0.3) is 0 Å². The van der Waals surface area contributed by atoms with Gasteiger partial charge in [0, 0.05) is 0 Å². The third-order valence-corrected chi connectivity index (χ3v) is 4.64. The maximum absolute atomic E-state index is 12.7. The van der Waals surface area contributed by atoms with Gasteiger partial charge in [-0.3, -0.25) is 14.4 Å². The molecule has 3 unspecified atom stereocenters. The van der Waals surface area contributed by atoms with Gasteiger partial charge in [-0.15, -0.1) is 0 Å². The number of benzene rings is 2. The summed E-state index contributed by atoms with van der Waals surface area (Å²) in [5.74, 6) is -4.70. The first-order valence-electron chi connectivity index (χ1n) is 9.84. The van der Waals surface area contributed by atoms with Gasteiger partial charge in [0.15, 0.2) is 0 Å². The molecule has 32 heavy (non-hydrogen) atoms. The van der Waals surface area contributed by atoms with E-state index in [0.717, 1.165) is 5.56 Å². The molecule has 0 heterocycles. The molecule has 10 nitrogen and oxygen atoms in total. The first-order chi connectivity index (χ1) is 15.2. The average Bonchev–Trinajstić information content (AvgIpc) is 2.78. The number of imide groups is 1. The predicted molar refractivity (Wildman–Crippen MR) is 115 cm³/mol. The van der Waals surface area contributed by atoms with Crippen LogP contribution in [0.3, 0.4) is 0 Å². The Morgan fingerprint density at radius 3 is 1.78 bits per heavy atom. The number of aliphatic hydroxyl groups excluding tert-OH is 1. The van der Waals surface area contributed by atoms with Crippen LogP contribution in [-0.2, 0) is 32.0 Å². The maximum atomic E-state index is 12.7. The lowest BCUT2D eigenvalue weighted by atomic mass is 10.1. The average molecular weight is 442 g/mol. The SMILES string of the molecule is NC(Cc1ccccc1)C(=O)NCC(=O)N(C(=O)C(N)Cc1ccccc1)C(O)C(=O)O. The van der Waals surface area contributed by atoms with E-state index in [0.29, 0.717) is 5.56 Å². The van der Waals surface area contributed by atoms with Gasteiger partial charge >= 0.3 is 5.97 Å². The number of carboxylic acids is 1. The van der Waals surface area contributed by atoms with E-state index < -0.39 is 48.5 Å². The molecule has 3 atom stereocenters. The molecule has 2 aromatic carbocycles. The summed E-state index contributed by atoms with van der Waals surface area (Å²) in [6.45, 7) is -0.741. The van der Waals surface area contributed by atoms with Crippen molar-refractivity contribution in [2.45, 2.75) is 31.2 Å². The lowest BCUT2D eigenvalue weighted by Gasteiger charge is -2.26. The Balaban J connectivity index is 2.02. The van der Waals surface area contributed by atoms with Crippen LogP contribution in [0.5, 0.6) is 0 Å². The van der Waals surface area contributed by atoms with Gasteiger partial charge in [0.05, 0.1) is 18.6 Å². The van der Waals surface area contributed by atoms with Gasteiger partial charge in [0.25, 0.3) is 5.91 Å². The molecule has 0 radical (unpaired) electrons. The van der Waals surface area contributed by atoms with E-state index in [9.17, 15) is 24.3 Å². The van der Waals surface area contributed by atoms with E-state index in [1.165, 1.54) is 0 Å². The molecule has 0 saturated carbocycles. The zero-order chi connectivity index (χ0) is 23.7. The van der Waals surface area contributed by atoms with Gasteiger partial charge in [-0.25, -0.2) is 9.69 Å². The summed E-state index contributed by atoms with van der Waals surface area (Å²) in [5, 5.41) is 21.3. The largest absolute Gasteiger partial charge is 0.478 e. The molecule has 170 valence electrons. The molecule has 0 spiro atoms. The molecule has 2 aromatic rings. The van der Waals surface area contributed by atoms with Gasteiger partial charge in [0.1, 0.15) is 0 Å². The molecule has 10 heteroatoms. The molecule has 0 aliphatic carbocycles. The predicted octanol–water partition coefficient (Wildman–Crippen LogP) is -0.999. The zero-order valence-corrected chi connectivity index (χ0v) is 17.3. The number of hydrogen-bond acceptors (Lipinski definition) is 7. The number of amides is 3. The van der Waals surface area contributed by atoms with E-state index in [2.05, 4.69) is 5.32 Å². The van der Waals surface area contributed by atoms with Crippen molar-refractivity contribution in [1.29, 1.82) is 0 Å². The Hall–Kier alpha value is -3.60. The highest BCUT2D eigenvalue weighted by molar-refractivity contribution is 6.02. The van der Waals surface area contributed by atoms with Crippen LogP contribution < -0.4 is 16.8 Å². The third kappa shape index (κ3) is 6.98. The van der Waals surface area contributed by atoms with E-state index in [4.69, 9.17) is 16.6 Å². The van der Waals surface area contributed by atoms with Crippen molar-refractivity contribution in [3.8, 4) is 0 Å². The van der Waals surface area contributed by atoms with Crippen LogP contribution in [0.1, 0.15) is 11.1 Å². The fourth-order valence-corrected chi connectivity index (χ4v) is 2.96. The number of nitrogens with one attached hydrogen (secondary N) is 1. The minimum Gasteiger partial charge on any atom is -0.478 e. The Kier molecular flexibility index (Phi) is 9.02. The van der Waals surface area contributed by atoms with Crippen LogP contribution in [0, 0.1) is 0 Å². The van der Waals surface area contributed by atoms with E-state index in [-0.39, 0.29) is 17.7 Å². The van der Waals surface area contributed by atoms with Crippen LogP contribution >= 0.6 is 0 Å². The normalized spacial score (nSPS) is 13.5. The molecule has 2 rings (SSSR count). The number of carbonyl (C=O) groups excluding carboxylic acids is 3. The number of carbonyl (C=O) groups is 4. The van der Waals surface area contributed by atoms with Crippen LogP contribution in [-0.4, -0.2) is 63.7 Å². The summed E-state index contributed by atoms with van der Waals surface area (Å²) in [6.07, 6.45) is -2.22. The van der Waals surface area contributed by atoms with E-state index in [1.807, 2.05) is 6.07 Å². The molecule has 0 aromatic heterocycles. The molecular weight excluding hydrogens is 416 g/mol. The number of nitrogens with two attached hydrogens (primary N) is 2. The molecule has 3 amide bonds. The number of carboxylic acid groups (broad SMARTS) is 1. The van der Waals surface area contributed by atoms with Crippen molar-refractivity contribution < 1.29 is 29.4 Å². The van der Waals surface area contributed by atoms with Gasteiger partial charge in [-0.2, -0.15) is 0 Å². The highest BCUT2D eigenvalue weighted by atomic mass is 16.4. The number of hydrogen-bond donors (Lipinski definition) is 5. The Labute approximate surface area is 184 Å². The molecule has 0 aliphatic rings. The summed E-state index contributed by atoms with van der Waals surface area (Å²) in [7, 11) is 0. The zero-order valence-electron chi connectivity index (χ0n) is 17.3. The van der Waals surface area contributed by atoms with Crippen molar-refractivity contribution in [2.75, 3.05) is 6.54 Å². The third-order valence-electron chi connectivity index (χ3n) is 4.64. The van der Waals surface area contributed by atoms with Crippen molar-refractivity contribution >= 4 is 23.7 Å². The van der Waals surface area contributed by atoms with Crippen molar-refractivity contribution in [1.82, 2.24) is 10.2 Å². The number of nitrogens with zero attached hydrogens (tertiary/aromatic N) is 1. The molecule has 7 N–H and O–H groups in total. The highest BCUT2D eigenvalue weighted by Gasteiger charge is 2.36. The summed E-state index contributed by atoms with van der Waals surface area (Å²) in [4.78, 5) is 48.8. The second-order valence-corrected chi connectivity index (χ2v) is 7.12. The van der Waals surface area contributed by atoms with Gasteiger partial charge < -0.3 is 27.0 Å². The monoisotopic (exact) mass is 442 g/mol. The second kappa shape index (κ2) is 11.7. The Morgan fingerprint density at radius 2 is 1.31 bits per heavy atom. The lowest BCUT2D eigenvalue weighted by Crippen LogP contribution is -2.57. The van der Waals surface area contributed by atoms with Crippen LogP contribution in [0.15, 0.2) is 60.7 Å². The lowest BCUT2D eigenvalue weighted by molar-refractivity contribution is -0.172. The molecule has 0 aliphatic heterocycles. The summed E-state index contributed by atoms with van der Waals surface area (Å²) >= 11 is 0. The Bertz CT molecular complexity index is 938. The summed E-state index contributed by atoms with van der Waals surface area (Å²) < 4.78 is 0. The molecule has 0 bridgehead atoms. The van der Waals surface area contributed by atoms with Crippen molar-refractivity contribution in [3.63, 3.8) is 0 Å². The molecule has 0 saturated heterocycles. The smallest absolute Gasteiger partial charge is 0.354 e. The highest BCUT2D eigenvalue weighted by Crippen LogP contribution is 2.08. The van der Waals surface area contributed by atoms with Gasteiger partial charge in [-0.05, 0) is 24.0 Å². The quantitative estimate of drug-likeness (QED) is 0.291. The fraction of sp³-hybridized carbons (Fsp3) is 0.273. The first kappa shape index (κ1) is 24.7. The Morgan fingerprint density at radius 1 is 0.844 bits per heavy atom. The van der Waals surface area contributed by atoms with E-state index in [1.54, 1.807) is 54.6 Å². The van der Waals surface area contributed by atoms with E-state index >= 15 is 0 Å². The standard InChI is InChI=1S/C22H26N4O6/c23-16(11-14-7-3-1-4-8-14)19(28)25-13-18(27)26(21(30)22(31)32)20(29)17(24)12-15-9-5-2-6-10-15/h1-10,16-17,21,30H,11-13,23-24H2,(H,25,28)(H,31,32). The van der Waals surface area contributed by atoms with Crippen LogP contribution in [0.4, 0.5) is 0 Å². The van der Waals surface area contributed by atoms with Gasteiger partial charge in [-0.1, -0.05) is 60.7 Å². The topological polar surface area (TPSA) is 176 Å². The summed E-state index contributed by atoms with van der Waals surface area (Å²) in [5.41, 5.74) is 13.2. The molecule has 0 fully saturated rings. The maximum Gasteiger partial charge on any atom is 0.354 e. The fourth-order valence-electron chi connectivity index (χ4n) is 2.96. The minimum atomic E-state index is -2.45. The summed E-state index contributed by atoms with van der Waals surface area (Å²) in [6, 6.07) is 15.4. The van der Waals surface area contributed by atoms with Crippen molar-refractivity contribution in [3.05, 3.63) is 71.8 Å². The molecular formula is C22H26N4O6. The number of aliphatic carboxylic acids is 1. The van der Waals surface area contributed by atoms with Crippen molar-refractivity contribution in [2.24, 2.45) is 11.5 Å². The number of rotatable bonds is 10. The minimum absolute atomic E-state index is 0.0180. The second-order valence-electron chi connectivity index (χ2n) is 7.12. The number of aliphatic hydroxyl groups is 1.